The Balaban J connectivity index is 1.34. The third kappa shape index (κ3) is 2.88. The number of imidazole rings is 1. The minimum atomic E-state index is -0.665. The smallest absolute Gasteiger partial charge is 0.289 e. The summed E-state index contributed by atoms with van der Waals surface area (Å²) in [6.07, 6.45) is 3.33. The molecule has 0 fully saturated rings. The second-order valence-corrected chi connectivity index (χ2v) is 7.72. The fourth-order valence-electron chi connectivity index (χ4n) is 4.32. The first-order valence-corrected chi connectivity index (χ1v) is 10.0. The monoisotopic (exact) mass is 410 g/mol. The van der Waals surface area contributed by atoms with Gasteiger partial charge in [0.15, 0.2) is 0 Å². The van der Waals surface area contributed by atoms with E-state index in [1.165, 1.54) is 0 Å². The lowest BCUT2D eigenvalue weighted by Gasteiger charge is -2.16. The Morgan fingerprint density at radius 1 is 1.03 bits per heavy atom. The van der Waals surface area contributed by atoms with Crippen LogP contribution in [0.15, 0.2) is 60.9 Å². The zero-order valence-electron chi connectivity index (χ0n) is 16.3. The maximum atomic E-state index is 12.9. The number of nitrogens with one attached hydrogen (secondary N) is 3. The molecule has 0 spiro atoms. The number of hydrogen-bond donors (Lipinski definition) is 4. The Morgan fingerprint density at radius 2 is 1.81 bits per heavy atom. The summed E-state index contributed by atoms with van der Waals surface area (Å²) in [6, 6.07) is 14.9. The molecule has 0 saturated heterocycles. The summed E-state index contributed by atoms with van der Waals surface area (Å²) in [6.45, 7) is 0. The lowest BCUT2D eigenvalue weighted by atomic mass is 10.1. The predicted molar refractivity (Wildman–Crippen MR) is 115 cm³/mol. The molecule has 8 nitrogen and oxygen atoms in total. The highest BCUT2D eigenvalue weighted by molar-refractivity contribution is 6.02. The van der Waals surface area contributed by atoms with Crippen molar-refractivity contribution in [1.29, 1.82) is 0 Å². The van der Waals surface area contributed by atoms with E-state index in [2.05, 4.69) is 30.5 Å². The number of H-pyrrole nitrogens is 2. The summed E-state index contributed by atoms with van der Waals surface area (Å²) in [4.78, 5) is 25.8. The quantitative estimate of drug-likeness (QED) is 0.365. The summed E-state index contributed by atoms with van der Waals surface area (Å²) in [5, 5.41) is 20.6. The number of aliphatic hydroxyl groups is 1. The molecule has 3 aromatic heterocycles. The minimum Gasteiger partial charge on any atom is -0.390 e. The van der Waals surface area contributed by atoms with E-state index >= 15 is 0 Å². The van der Waals surface area contributed by atoms with Gasteiger partial charge < -0.3 is 15.5 Å². The van der Waals surface area contributed by atoms with Gasteiger partial charge in [-0.2, -0.15) is 0 Å². The summed E-state index contributed by atoms with van der Waals surface area (Å²) >= 11 is 0. The number of aromatic nitrogens is 5. The highest BCUT2D eigenvalue weighted by Crippen LogP contribution is 2.32. The van der Waals surface area contributed by atoms with E-state index in [9.17, 15) is 9.90 Å². The molecule has 4 N–H and O–H groups in total. The SMILES string of the molecule is O=C(N[C@H]1c2ccccc2C[C@@H]1O)c1nc2cc3[nH][nH]c(-c4ccncc4)c3cc2n1. The first-order valence-electron chi connectivity index (χ1n) is 10.0. The van der Waals surface area contributed by atoms with Gasteiger partial charge in [-0.25, -0.2) is 9.97 Å². The number of rotatable bonds is 3. The maximum absolute atomic E-state index is 12.9. The number of benzene rings is 2. The summed E-state index contributed by atoms with van der Waals surface area (Å²) in [7, 11) is 0. The van der Waals surface area contributed by atoms with Crippen molar-refractivity contribution in [3.63, 3.8) is 0 Å². The molecule has 6 rings (SSSR count). The summed E-state index contributed by atoms with van der Waals surface area (Å²) < 4.78 is 0. The van der Waals surface area contributed by atoms with Crippen LogP contribution in [0.2, 0.25) is 0 Å². The maximum Gasteiger partial charge on any atom is 0.289 e. The van der Waals surface area contributed by atoms with Crippen LogP contribution in [0.3, 0.4) is 0 Å². The number of pyridine rings is 1. The number of nitrogens with zero attached hydrogens (tertiary/aromatic N) is 3. The highest BCUT2D eigenvalue weighted by atomic mass is 16.3. The molecule has 2 atom stereocenters. The lowest BCUT2D eigenvalue weighted by molar-refractivity contribution is 0.0849. The average molecular weight is 410 g/mol. The Kier molecular flexibility index (Phi) is 3.87. The number of hydrogen-bond acceptors (Lipinski definition) is 5. The number of amides is 1. The fraction of sp³-hybridized carbons (Fsp3) is 0.130. The van der Waals surface area contributed by atoms with Crippen molar-refractivity contribution in [3.8, 4) is 11.3 Å². The van der Waals surface area contributed by atoms with Crippen molar-refractivity contribution in [1.82, 2.24) is 30.5 Å². The number of aliphatic hydroxyl groups excluding tert-OH is 1. The molecule has 0 unspecified atom stereocenters. The van der Waals surface area contributed by atoms with E-state index in [1.54, 1.807) is 12.4 Å². The molecule has 5 aromatic rings. The summed E-state index contributed by atoms with van der Waals surface area (Å²) in [5.74, 6) is -0.310. The van der Waals surface area contributed by atoms with Gasteiger partial charge in [0.1, 0.15) is 0 Å². The first-order chi connectivity index (χ1) is 15.2. The molecule has 8 heteroatoms. The number of aromatic amines is 2. The predicted octanol–water partition coefficient (Wildman–Crippen LogP) is 2.89. The standard InChI is InChI=1S/C23H18N6O2/c30-19-9-13-3-1-2-4-14(13)21(19)27-23(31)22-25-17-10-15-16(11-18(17)26-22)28-29-20(15)12-5-7-24-8-6-12/h1-8,10-11,19,21,28-30H,9H2,(H,27,31)/t19-,21-/m0/s1. The van der Waals surface area contributed by atoms with Crippen LogP contribution < -0.4 is 5.32 Å². The van der Waals surface area contributed by atoms with Gasteiger partial charge in [-0.05, 0) is 35.4 Å². The van der Waals surface area contributed by atoms with Crippen LogP contribution in [-0.2, 0) is 6.42 Å². The van der Waals surface area contributed by atoms with E-state index in [0.717, 1.165) is 33.3 Å². The van der Waals surface area contributed by atoms with Crippen LogP contribution in [0.4, 0.5) is 0 Å². The molecule has 0 aliphatic heterocycles. The topological polar surface area (TPSA) is 120 Å². The van der Waals surface area contributed by atoms with E-state index < -0.39 is 18.1 Å². The van der Waals surface area contributed by atoms with E-state index in [-0.39, 0.29) is 5.82 Å². The molecular formula is C23H18N6O2. The number of carbonyl (C=O) groups excluding carboxylic acids is 1. The third-order valence-corrected chi connectivity index (χ3v) is 5.82. The Bertz CT molecular complexity index is 1440. The van der Waals surface area contributed by atoms with Crippen LogP contribution in [0.25, 0.3) is 33.2 Å². The molecule has 2 aromatic carbocycles. The van der Waals surface area contributed by atoms with Crippen LogP contribution >= 0.6 is 0 Å². The second-order valence-electron chi connectivity index (χ2n) is 7.72. The van der Waals surface area contributed by atoms with Crippen LogP contribution in [0.5, 0.6) is 0 Å². The van der Waals surface area contributed by atoms with Gasteiger partial charge in [-0.1, -0.05) is 24.3 Å². The highest BCUT2D eigenvalue weighted by Gasteiger charge is 2.32. The number of carbonyl (C=O) groups is 1. The summed E-state index contributed by atoms with van der Waals surface area (Å²) in [5.41, 5.74) is 6.01. The molecule has 0 saturated carbocycles. The Morgan fingerprint density at radius 3 is 2.65 bits per heavy atom. The number of fused-ring (bicyclic) bond motifs is 3. The van der Waals surface area contributed by atoms with Gasteiger partial charge in [0.25, 0.3) is 5.91 Å². The molecule has 1 amide bonds. The Labute approximate surface area is 176 Å². The molecule has 152 valence electrons. The first kappa shape index (κ1) is 17.8. The molecule has 3 heterocycles. The lowest BCUT2D eigenvalue weighted by Crippen LogP contribution is -2.34. The van der Waals surface area contributed by atoms with E-state index in [4.69, 9.17) is 0 Å². The van der Waals surface area contributed by atoms with Crippen molar-refractivity contribution in [2.75, 3.05) is 0 Å². The largest absolute Gasteiger partial charge is 0.390 e. The second kappa shape index (κ2) is 6.75. The fourth-order valence-corrected chi connectivity index (χ4v) is 4.32. The van der Waals surface area contributed by atoms with Gasteiger partial charge in [-0.15, -0.1) is 0 Å². The van der Waals surface area contributed by atoms with Crippen molar-refractivity contribution in [3.05, 3.63) is 77.9 Å². The van der Waals surface area contributed by atoms with Crippen molar-refractivity contribution >= 4 is 27.8 Å². The van der Waals surface area contributed by atoms with E-state index in [0.29, 0.717) is 17.5 Å². The van der Waals surface area contributed by atoms with Crippen LogP contribution in [0, 0.1) is 0 Å². The van der Waals surface area contributed by atoms with Crippen LogP contribution in [0.1, 0.15) is 27.8 Å². The average Bonchev–Trinajstić information content (AvgIpc) is 3.48. The van der Waals surface area contributed by atoms with Gasteiger partial charge in [0.05, 0.1) is 34.4 Å². The molecule has 0 bridgehead atoms. The molecular weight excluding hydrogens is 392 g/mol. The normalized spacial score (nSPS) is 17.8. The molecule has 31 heavy (non-hydrogen) atoms. The van der Waals surface area contributed by atoms with Gasteiger partial charge in [0, 0.05) is 29.8 Å². The van der Waals surface area contributed by atoms with Crippen LogP contribution in [-0.4, -0.2) is 42.3 Å². The zero-order chi connectivity index (χ0) is 20.9. The van der Waals surface area contributed by atoms with Crippen molar-refractivity contribution < 1.29 is 9.90 Å². The Hall–Kier alpha value is -4.04. The zero-order valence-corrected chi connectivity index (χ0v) is 16.3. The van der Waals surface area contributed by atoms with Gasteiger partial charge in [0.2, 0.25) is 5.82 Å². The third-order valence-electron chi connectivity index (χ3n) is 5.82. The van der Waals surface area contributed by atoms with Gasteiger partial charge in [-0.3, -0.25) is 14.9 Å². The minimum absolute atomic E-state index is 0.0914. The molecule has 0 radical (unpaired) electrons. The molecule has 1 aliphatic carbocycles. The molecule has 1 aliphatic rings. The van der Waals surface area contributed by atoms with Crippen molar-refractivity contribution in [2.45, 2.75) is 18.6 Å². The van der Waals surface area contributed by atoms with E-state index in [1.807, 2.05) is 48.5 Å². The van der Waals surface area contributed by atoms with Gasteiger partial charge >= 0.3 is 0 Å². The van der Waals surface area contributed by atoms with Crippen molar-refractivity contribution in [2.24, 2.45) is 0 Å².